The Morgan fingerprint density at radius 1 is 1.24 bits per heavy atom. The van der Waals surface area contributed by atoms with Crippen molar-refractivity contribution < 1.29 is 22.7 Å². The number of carbonyl (C=O) groups excluding carboxylic acids is 2. The average Bonchev–Trinajstić information content (AvgIpc) is 2.87. The van der Waals surface area contributed by atoms with E-state index in [0.717, 1.165) is 6.26 Å². The minimum Gasteiger partial charge on any atom is -0.467 e. The van der Waals surface area contributed by atoms with Gasteiger partial charge in [-0.05, 0) is 38.0 Å². The molecule has 0 saturated heterocycles. The molecule has 0 unspecified atom stereocenters. The van der Waals surface area contributed by atoms with Gasteiger partial charge < -0.3 is 9.64 Å². The van der Waals surface area contributed by atoms with Crippen LogP contribution in [0, 0.1) is 20.8 Å². The topological polar surface area (TPSA) is 98.6 Å². The standard InChI is InChI=1S/C19H24ClN3O5S/c1-10-8-13(16(20)11(2)18(10)29(7,26)27)17(25)15-12(3)21-23(6)19(15)28-9-14(24)22(4)5/h8H,9H2,1-7H3. The maximum absolute atomic E-state index is 13.3. The van der Waals surface area contributed by atoms with Gasteiger partial charge in [-0.25, -0.2) is 13.1 Å². The summed E-state index contributed by atoms with van der Waals surface area (Å²) in [6.45, 7) is 4.56. The van der Waals surface area contributed by atoms with Crippen LogP contribution in [0.5, 0.6) is 5.88 Å². The summed E-state index contributed by atoms with van der Waals surface area (Å²) in [7, 11) is 1.29. The van der Waals surface area contributed by atoms with Crippen molar-refractivity contribution in [3.63, 3.8) is 0 Å². The molecule has 0 saturated carbocycles. The van der Waals surface area contributed by atoms with Crippen molar-refractivity contribution >= 4 is 33.1 Å². The first kappa shape index (κ1) is 22.9. The van der Waals surface area contributed by atoms with Crippen molar-refractivity contribution in [3.8, 4) is 5.88 Å². The number of amides is 1. The molecule has 2 aromatic rings. The van der Waals surface area contributed by atoms with Gasteiger partial charge >= 0.3 is 0 Å². The minimum atomic E-state index is -3.51. The van der Waals surface area contributed by atoms with Gasteiger partial charge in [-0.15, -0.1) is 0 Å². The van der Waals surface area contributed by atoms with E-state index in [2.05, 4.69) is 5.10 Å². The van der Waals surface area contributed by atoms with E-state index in [0.29, 0.717) is 16.8 Å². The van der Waals surface area contributed by atoms with E-state index in [9.17, 15) is 18.0 Å². The van der Waals surface area contributed by atoms with Crippen molar-refractivity contribution in [1.29, 1.82) is 0 Å². The molecule has 10 heteroatoms. The van der Waals surface area contributed by atoms with Gasteiger partial charge in [-0.2, -0.15) is 5.10 Å². The van der Waals surface area contributed by atoms with E-state index in [1.165, 1.54) is 15.6 Å². The molecule has 1 heterocycles. The van der Waals surface area contributed by atoms with Gasteiger partial charge in [-0.1, -0.05) is 11.6 Å². The molecule has 1 amide bonds. The molecule has 2 rings (SSSR count). The van der Waals surface area contributed by atoms with E-state index in [1.807, 2.05) is 0 Å². The van der Waals surface area contributed by atoms with E-state index >= 15 is 0 Å². The molecule has 0 atom stereocenters. The Hall–Kier alpha value is -2.39. The highest BCUT2D eigenvalue weighted by atomic mass is 35.5. The molecular weight excluding hydrogens is 418 g/mol. The molecule has 0 aliphatic heterocycles. The summed E-state index contributed by atoms with van der Waals surface area (Å²) in [6.07, 6.45) is 1.10. The number of aromatic nitrogens is 2. The number of rotatable bonds is 6. The Morgan fingerprint density at radius 2 is 1.83 bits per heavy atom. The summed E-state index contributed by atoms with van der Waals surface area (Å²) in [6, 6.07) is 1.45. The van der Waals surface area contributed by atoms with E-state index in [4.69, 9.17) is 16.3 Å². The molecule has 0 aliphatic rings. The molecular formula is C19H24ClN3O5S. The zero-order valence-corrected chi connectivity index (χ0v) is 19.0. The second-order valence-electron chi connectivity index (χ2n) is 7.08. The number of sulfone groups is 1. The van der Waals surface area contributed by atoms with Crippen LogP contribution in [0.15, 0.2) is 11.0 Å². The smallest absolute Gasteiger partial charge is 0.260 e. The number of aryl methyl sites for hydroxylation is 3. The number of hydrogen-bond acceptors (Lipinski definition) is 6. The third-order valence-corrected chi connectivity index (χ3v) is 6.33. The van der Waals surface area contributed by atoms with Crippen LogP contribution >= 0.6 is 11.6 Å². The van der Waals surface area contributed by atoms with Gasteiger partial charge in [0.25, 0.3) is 5.91 Å². The van der Waals surface area contributed by atoms with E-state index in [-0.39, 0.29) is 39.4 Å². The summed E-state index contributed by atoms with van der Waals surface area (Å²) in [5.41, 5.74) is 1.46. The highest BCUT2D eigenvalue weighted by Gasteiger charge is 2.28. The molecule has 0 N–H and O–H groups in total. The van der Waals surface area contributed by atoms with Gasteiger partial charge in [0.1, 0.15) is 5.56 Å². The molecule has 0 aliphatic carbocycles. The van der Waals surface area contributed by atoms with Crippen molar-refractivity contribution in [2.75, 3.05) is 27.0 Å². The lowest BCUT2D eigenvalue weighted by Gasteiger charge is -2.15. The number of hydrogen-bond donors (Lipinski definition) is 0. The predicted octanol–water partition coefficient (Wildman–Crippen LogP) is 2.10. The Labute approximate surface area is 175 Å². The molecule has 0 radical (unpaired) electrons. The number of likely N-dealkylation sites (N-methyl/N-ethyl adjacent to an activating group) is 1. The zero-order chi connectivity index (χ0) is 22.3. The number of carbonyl (C=O) groups is 2. The second kappa shape index (κ2) is 8.16. The summed E-state index contributed by atoms with van der Waals surface area (Å²) in [4.78, 5) is 26.7. The first-order valence-electron chi connectivity index (χ1n) is 8.68. The van der Waals surface area contributed by atoms with Gasteiger partial charge in [0.15, 0.2) is 16.4 Å². The normalized spacial score (nSPS) is 11.4. The van der Waals surface area contributed by atoms with Gasteiger partial charge in [0.2, 0.25) is 11.7 Å². The van der Waals surface area contributed by atoms with Gasteiger partial charge in [0.05, 0.1) is 15.6 Å². The largest absolute Gasteiger partial charge is 0.467 e. The lowest BCUT2D eigenvalue weighted by atomic mass is 9.99. The van der Waals surface area contributed by atoms with Gasteiger partial charge in [-0.3, -0.25) is 9.59 Å². The fraction of sp³-hybridized carbons (Fsp3) is 0.421. The monoisotopic (exact) mass is 441 g/mol. The van der Waals surface area contributed by atoms with Crippen LogP contribution in [-0.2, 0) is 21.7 Å². The second-order valence-corrected chi connectivity index (χ2v) is 9.41. The fourth-order valence-corrected chi connectivity index (χ4v) is 4.73. The Balaban J connectivity index is 2.58. The summed E-state index contributed by atoms with van der Waals surface area (Å²) in [5, 5.41) is 4.27. The third-order valence-electron chi connectivity index (χ3n) is 4.47. The number of benzene rings is 1. The van der Waals surface area contributed by atoms with Gasteiger partial charge in [0, 0.05) is 33.0 Å². The number of ether oxygens (including phenoxy) is 1. The first-order chi connectivity index (χ1) is 13.3. The van der Waals surface area contributed by atoms with Crippen LogP contribution in [0.2, 0.25) is 5.02 Å². The predicted molar refractivity (Wildman–Crippen MR) is 110 cm³/mol. The lowest BCUT2D eigenvalue weighted by Crippen LogP contribution is -2.28. The van der Waals surface area contributed by atoms with Crippen molar-refractivity contribution in [1.82, 2.24) is 14.7 Å². The van der Waals surface area contributed by atoms with Crippen LogP contribution in [0.4, 0.5) is 0 Å². The van der Waals surface area contributed by atoms with E-state index < -0.39 is 15.6 Å². The Bertz CT molecular complexity index is 1100. The molecule has 1 aromatic carbocycles. The Kier molecular flexibility index (Phi) is 6.44. The van der Waals surface area contributed by atoms with Crippen LogP contribution in [-0.4, -0.2) is 61.7 Å². The molecule has 8 nitrogen and oxygen atoms in total. The van der Waals surface area contributed by atoms with Crippen LogP contribution in [0.25, 0.3) is 0 Å². The fourth-order valence-electron chi connectivity index (χ4n) is 3.14. The number of ketones is 1. The molecule has 1 aromatic heterocycles. The first-order valence-corrected chi connectivity index (χ1v) is 10.9. The highest BCUT2D eigenvalue weighted by molar-refractivity contribution is 7.90. The molecule has 29 heavy (non-hydrogen) atoms. The molecule has 158 valence electrons. The summed E-state index contributed by atoms with van der Waals surface area (Å²) >= 11 is 6.39. The van der Waals surface area contributed by atoms with Crippen molar-refractivity contribution in [2.45, 2.75) is 25.7 Å². The molecule has 0 fully saturated rings. The van der Waals surface area contributed by atoms with Crippen molar-refractivity contribution in [2.24, 2.45) is 7.05 Å². The lowest BCUT2D eigenvalue weighted by molar-refractivity contribution is -0.130. The highest BCUT2D eigenvalue weighted by Crippen LogP contribution is 2.34. The quantitative estimate of drug-likeness (QED) is 0.636. The summed E-state index contributed by atoms with van der Waals surface area (Å²) < 4.78 is 31.1. The average molecular weight is 442 g/mol. The Morgan fingerprint density at radius 3 is 2.34 bits per heavy atom. The van der Waals surface area contributed by atoms with Crippen LogP contribution < -0.4 is 4.74 Å². The molecule has 0 spiro atoms. The molecule has 0 bridgehead atoms. The van der Waals surface area contributed by atoms with Crippen LogP contribution in [0.1, 0.15) is 32.7 Å². The van der Waals surface area contributed by atoms with Crippen LogP contribution in [0.3, 0.4) is 0 Å². The van der Waals surface area contributed by atoms with E-state index in [1.54, 1.807) is 41.9 Å². The summed E-state index contributed by atoms with van der Waals surface area (Å²) in [5.74, 6) is -0.593. The SMILES string of the molecule is Cc1cc(C(=O)c2c(C)nn(C)c2OCC(=O)N(C)C)c(Cl)c(C)c1S(C)(=O)=O. The zero-order valence-electron chi connectivity index (χ0n) is 17.5. The number of halogens is 1. The maximum Gasteiger partial charge on any atom is 0.260 e. The minimum absolute atomic E-state index is 0.0552. The maximum atomic E-state index is 13.3. The van der Waals surface area contributed by atoms with Crippen molar-refractivity contribution in [3.05, 3.63) is 39.0 Å². The number of nitrogens with zero attached hydrogens (tertiary/aromatic N) is 3. The third kappa shape index (κ3) is 4.45.